The Morgan fingerprint density at radius 3 is 2.21 bits per heavy atom. The van der Waals surface area contributed by atoms with Crippen LogP contribution in [0.2, 0.25) is 0 Å². The molecule has 0 unspecified atom stereocenters. The molecule has 1 fully saturated rings. The number of nitrogens with two attached hydrogens (primary N) is 1. The summed E-state index contributed by atoms with van der Waals surface area (Å²) in [5.41, 5.74) is 6.48. The number of amides is 1. The van der Waals surface area contributed by atoms with E-state index in [1.165, 1.54) is 7.05 Å². The number of hydrogen-bond acceptors (Lipinski definition) is 6. The van der Waals surface area contributed by atoms with Crippen molar-refractivity contribution in [2.45, 2.75) is 6.92 Å². The summed E-state index contributed by atoms with van der Waals surface area (Å²) in [7, 11) is 1.50. The van der Waals surface area contributed by atoms with E-state index >= 15 is 0 Å². The molecule has 4 rings (SSSR count). The van der Waals surface area contributed by atoms with Gasteiger partial charge in [-0.25, -0.2) is 4.98 Å². The quantitative estimate of drug-likeness (QED) is 0.466. The fourth-order valence-electron chi connectivity index (χ4n) is 3.59. The molecule has 2 heterocycles. The molecule has 0 saturated carbocycles. The van der Waals surface area contributed by atoms with E-state index in [0.717, 1.165) is 23.4 Å². The first-order valence-electron chi connectivity index (χ1n) is 11.0. The van der Waals surface area contributed by atoms with Crippen molar-refractivity contribution in [3.8, 4) is 34.6 Å². The largest absolute Gasteiger partial charge is 0.457 e. The van der Waals surface area contributed by atoms with Gasteiger partial charge in [-0.2, -0.15) is 0 Å². The number of carbonyl (C=O) groups is 2. The van der Waals surface area contributed by atoms with E-state index in [0.29, 0.717) is 43.2 Å². The molecular weight excluding hydrogens is 428 g/mol. The molecular formula is C27H28N4O3. The van der Waals surface area contributed by atoms with Crippen LogP contribution in [0.15, 0.2) is 66.7 Å². The Bertz CT molecular complexity index is 1160. The lowest BCUT2D eigenvalue weighted by molar-refractivity contribution is -0.125. The Morgan fingerprint density at radius 2 is 1.59 bits per heavy atom. The predicted molar refractivity (Wildman–Crippen MR) is 134 cm³/mol. The molecule has 2 N–H and O–H groups in total. The summed E-state index contributed by atoms with van der Waals surface area (Å²) >= 11 is 0. The van der Waals surface area contributed by atoms with Crippen LogP contribution in [0.4, 0.5) is 5.82 Å². The standard InChI is InChI=1S/C26H23N3O3.CH5N/c1-2-6-25(31)29-17-15-28(16-18-29)24-14-11-21(19-30)26(27-24)20-9-12-23(13-10-20)32-22-7-4-3-5-8-22;1-2/h3-5,7-14,19H,15-18H2,1H3;2H2,1H3. The molecule has 0 radical (unpaired) electrons. The van der Waals surface area contributed by atoms with Gasteiger partial charge in [0.2, 0.25) is 0 Å². The van der Waals surface area contributed by atoms with Gasteiger partial charge >= 0.3 is 0 Å². The Balaban J connectivity index is 0.00000158. The van der Waals surface area contributed by atoms with Crippen LogP contribution in [0.3, 0.4) is 0 Å². The second kappa shape index (κ2) is 12.2. The van der Waals surface area contributed by atoms with E-state index in [-0.39, 0.29) is 5.91 Å². The molecule has 2 aromatic carbocycles. The molecule has 7 heteroatoms. The molecule has 34 heavy (non-hydrogen) atoms. The summed E-state index contributed by atoms with van der Waals surface area (Å²) in [6.07, 6.45) is 0.820. The Kier molecular flexibility index (Phi) is 8.78. The van der Waals surface area contributed by atoms with Crippen molar-refractivity contribution < 1.29 is 14.3 Å². The van der Waals surface area contributed by atoms with Crippen LogP contribution >= 0.6 is 0 Å². The number of rotatable bonds is 5. The van der Waals surface area contributed by atoms with Crippen LogP contribution in [-0.4, -0.2) is 55.3 Å². The highest BCUT2D eigenvalue weighted by atomic mass is 16.5. The number of ether oxygens (including phenoxy) is 1. The third-order valence-corrected chi connectivity index (χ3v) is 5.27. The van der Waals surface area contributed by atoms with Crippen molar-refractivity contribution >= 4 is 18.0 Å². The predicted octanol–water partition coefficient (Wildman–Crippen LogP) is 3.60. The summed E-state index contributed by atoms with van der Waals surface area (Å²) in [6, 6.07) is 20.7. The van der Waals surface area contributed by atoms with Crippen LogP contribution in [0.5, 0.6) is 11.5 Å². The van der Waals surface area contributed by atoms with Gasteiger partial charge in [0, 0.05) is 37.3 Å². The number of hydrogen-bond donors (Lipinski definition) is 1. The van der Waals surface area contributed by atoms with Gasteiger partial charge in [-0.15, -0.1) is 0 Å². The smallest absolute Gasteiger partial charge is 0.298 e. The molecule has 7 nitrogen and oxygen atoms in total. The zero-order chi connectivity index (χ0) is 24.3. The highest BCUT2D eigenvalue weighted by Crippen LogP contribution is 2.28. The molecule has 1 aliphatic heterocycles. The fraction of sp³-hybridized carbons (Fsp3) is 0.222. The van der Waals surface area contributed by atoms with Gasteiger partial charge < -0.3 is 20.3 Å². The monoisotopic (exact) mass is 456 g/mol. The van der Waals surface area contributed by atoms with Crippen molar-refractivity contribution in [1.29, 1.82) is 0 Å². The number of benzene rings is 2. The van der Waals surface area contributed by atoms with Crippen LogP contribution in [0, 0.1) is 11.8 Å². The summed E-state index contributed by atoms with van der Waals surface area (Å²) in [6.45, 7) is 4.16. The molecule has 1 aliphatic rings. The van der Waals surface area contributed by atoms with Gasteiger partial charge in [0.1, 0.15) is 17.3 Å². The number of nitrogens with zero attached hydrogens (tertiary/aromatic N) is 3. The number of aldehydes is 1. The van der Waals surface area contributed by atoms with Crippen LogP contribution in [0.1, 0.15) is 17.3 Å². The van der Waals surface area contributed by atoms with Gasteiger partial charge in [-0.05, 0) is 68.4 Å². The van der Waals surface area contributed by atoms with Crippen molar-refractivity contribution in [1.82, 2.24) is 9.88 Å². The third-order valence-electron chi connectivity index (χ3n) is 5.27. The summed E-state index contributed by atoms with van der Waals surface area (Å²) in [5, 5.41) is 0. The Labute approximate surface area is 200 Å². The number of para-hydroxylation sites is 1. The third kappa shape index (κ3) is 6.00. The van der Waals surface area contributed by atoms with Gasteiger partial charge in [-0.3, -0.25) is 9.59 Å². The minimum absolute atomic E-state index is 0.144. The lowest BCUT2D eigenvalue weighted by Crippen LogP contribution is -2.48. The summed E-state index contributed by atoms with van der Waals surface area (Å²) in [4.78, 5) is 32.3. The molecule has 3 aromatic rings. The van der Waals surface area contributed by atoms with Gasteiger partial charge in [0.25, 0.3) is 5.91 Å². The van der Waals surface area contributed by atoms with E-state index in [9.17, 15) is 9.59 Å². The molecule has 1 amide bonds. The second-order valence-corrected chi connectivity index (χ2v) is 7.32. The average Bonchev–Trinajstić information content (AvgIpc) is 2.91. The zero-order valence-corrected chi connectivity index (χ0v) is 19.4. The SMILES string of the molecule is CC#CC(=O)N1CCN(c2ccc(C=O)c(-c3ccc(Oc4ccccc4)cc3)n2)CC1.CN. The number of aromatic nitrogens is 1. The number of carbonyl (C=O) groups excluding carboxylic acids is 2. The van der Waals surface area contributed by atoms with Crippen molar-refractivity contribution in [3.05, 3.63) is 72.3 Å². The lowest BCUT2D eigenvalue weighted by Gasteiger charge is -2.34. The first-order chi connectivity index (χ1) is 16.7. The summed E-state index contributed by atoms with van der Waals surface area (Å²) in [5.74, 6) is 7.35. The van der Waals surface area contributed by atoms with Crippen LogP contribution in [-0.2, 0) is 4.79 Å². The van der Waals surface area contributed by atoms with E-state index in [1.54, 1.807) is 17.9 Å². The van der Waals surface area contributed by atoms with Crippen LogP contribution < -0.4 is 15.4 Å². The highest BCUT2D eigenvalue weighted by molar-refractivity contribution is 5.93. The van der Waals surface area contributed by atoms with Gasteiger partial charge in [0.05, 0.1) is 5.69 Å². The highest BCUT2D eigenvalue weighted by Gasteiger charge is 2.21. The van der Waals surface area contributed by atoms with E-state index in [1.807, 2.05) is 60.7 Å². The van der Waals surface area contributed by atoms with Crippen molar-refractivity contribution in [3.63, 3.8) is 0 Å². The maximum Gasteiger partial charge on any atom is 0.298 e. The molecule has 0 bridgehead atoms. The number of anilines is 1. The topological polar surface area (TPSA) is 88.8 Å². The maximum atomic E-state index is 12.0. The summed E-state index contributed by atoms with van der Waals surface area (Å²) < 4.78 is 5.85. The average molecular weight is 457 g/mol. The Morgan fingerprint density at radius 1 is 0.941 bits per heavy atom. The first-order valence-corrected chi connectivity index (χ1v) is 11.0. The number of pyridine rings is 1. The Hall–Kier alpha value is -4.15. The maximum absolute atomic E-state index is 12.0. The number of piperazine rings is 1. The van der Waals surface area contributed by atoms with Crippen LogP contribution in [0.25, 0.3) is 11.3 Å². The van der Waals surface area contributed by atoms with E-state index in [4.69, 9.17) is 9.72 Å². The molecule has 1 aromatic heterocycles. The van der Waals surface area contributed by atoms with E-state index in [2.05, 4.69) is 22.5 Å². The van der Waals surface area contributed by atoms with E-state index < -0.39 is 0 Å². The fourth-order valence-corrected chi connectivity index (χ4v) is 3.59. The minimum atomic E-state index is -0.144. The molecule has 0 atom stereocenters. The van der Waals surface area contributed by atoms with Gasteiger partial charge in [0.15, 0.2) is 6.29 Å². The second-order valence-electron chi connectivity index (χ2n) is 7.32. The molecule has 0 aliphatic carbocycles. The molecule has 0 spiro atoms. The van der Waals surface area contributed by atoms with Gasteiger partial charge in [-0.1, -0.05) is 24.1 Å². The first kappa shape index (κ1) is 24.5. The zero-order valence-electron chi connectivity index (χ0n) is 19.4. The molecule has 174 valence electrons. The van der Waals surface area contributed by atoms with Crippen molar-refractivity contribution in [2.24, 2.45) is 5.73 Å². The lowest BCUT2D eigenvalue weighted by atomic mass is 10.1. The van der Waals surface area contributed by atoms with Crippen molar-refractivity contribution in [2.75, 3.05) is 38.1 Å². The molecule has 1 saturated heterocycles. The minimum Gasteiger partial charge on any atom is -0.457 e. The normalized spacial score (nSPS) is 12.6.